The fourth-order valence-corrected chi connectivity index (χ4v) is 5.69. The van der Waals surface area contributed by atoms with Gasteiger partial charge >= 0.3 is 0 Å². The highest BCUT2D eigenvalue weighted by Gasteiger charge is 2.29. The lowest BCUT2D eigenvalue weighted by molar-refractivity contribution is -0.120. The van der Waals surface area contributed by atoms with Gasteiger partial charge < -0.3 is 4.98 Å². The zero-order valence-electron chi connectivity index (χ0n) is 18.1. The molecule has 1 aromatic carbocycles. The molecule has 5 rings (SSSR count). The van der Waals surface area contributed by atoms with Crippen LogP contribution in [0.1, 0.15) is 30.9 Å². The Morgan fingerprint density at radius 1 is 1.18 bits per heavy atom. The first kappa shape index (κ1) is 21.9. The largest absolute Gasteiger partial charge is 0.346 e. The van der Waals surface area contributed by atoms with Crippen molar-refractivity contribution < 1.29 is 13.2 Å². The number of benzene rings is 1. The molecular formula is C23H21N7O3S. The minimum atomic E-state index is -3.75. The van der Waals surface area contributed by atoms with Crippen molar-refractivity contribution in [3.8, 4) is 17.3 Å². The number of sulfonamides is 1. The number of H-pyrrole nitrogens is 1. The Hall–Kier alpha value is -3.88. The van der Waals surface area contributed by atoms with Crippen molar-refractivity contribution in [1.29, 1.82) is 5.26 Å². The second-order valence-electron chi connectivity index (χ2n) is 8.06. The summed E-state index contributed by atoms with van der Waals surface area (Å²) < 4.78 is 29.3. The topological polar surface area (TPSA) is 138 Å². The van der Waals surface area contributed by atoms with Gasteiger partial charge in [0.2, 0.25) is 10.0 Å². The Morgan fingerprint density at radius 2 is 2.00 bits per heavy atom. The van der Waals surface area contributed by atoms with E-state index in [1.807, 2.05) is 6.07 Å². The number of Topliss-reactive ketones (excluding diaryl/α,β-unsaturated/α-hetero) is 1. The lowest BCUT2D eigenvalue weighted by Crippen LogP contribution is -2.38. The SMILES string of the molecule is N#CCC(c1cccc(S(=O)(=O)N2CCC(=O)CC2)c1)n1cc(-c2ncnc3[nH]ccc23)cn1. The first-order chi connectivity index (χ1) is 16.5. The maximum absolute atomic E-state index is 13.2. The van der Waals surface area contributed by atoms with E-state index in [0.29, 0.717) is 16.9 Å². The number of piperidine rings is 1. The standard InChI is InChI=1S/C23H21N7O3S/c24-8-4-21(30-14-17(13-28-30)22-20-5-9-25-23(20)27-15-26-22)16-2-1-3-19(12-16)34(32,33)29-10-6-18(31)7-11-29/h1-3,5,9,12-15,21H,4,6-7,10-11H2,(H,25,26,27). The van der Waals surface area contributed by atoms with Crippen molar-refractivity contribution >= 4 is 26.8 Å². The van der Waals surface area contributed by atoms with Crippen LogP contribution in [0.4, 0.5) is 0 Å². The van der Waals surface area contributed by atoms with Crippen molar-refractivity contribution in [1.82, 2.24) is 29.0 Å². The number of hydrogen-bond donors (Lipinski definition) is 1. The van der Waals surface area contributed by atoms with E-state index < -0.39 is 16.1 Å². The fraction of sp³-hybridized carbons (Fsp3) is 0.261. The maximum Gasteiger partial charge on any atom is 0.243 e. The number of nitriles is 1. The van der Waals surface area contributed by atoms with E-state index in [1.54, 1.807) is 41.5 Å². The van der Waals surface area contributed by atoms with Crippen LogP contribution in [-0.4, -0.2) is 56.3 Å². The summed E-state index contributed by atoms with van der Waals surface area (Å²) in [4.78, 5) is 23.3. The van der Waals surface area contributed by atoms with Crippen molar-refractivity contribution in [3.63, 3.8) is 0 Å². The number of fused-ring (bicyclic) bond motifs is 1. The van der Waals surface area contributed by atoms with Crippen LogP contribution in [0.3, 0.4) is 0 Å². The van der Waals surface area contributed by atoms with Crippen LogP contribution in [-0.2, 0) is 14.8 Å². The Labute approximate surface area is 195 Å². The van der Waals surface area contributed by atoms with E-state index in [4.69, 9.17) is 0 Å². The molecule has 1 N–H and O–H groups in total. The first-order valence-corrected chi connectivity index (χ1v) is 12.2. The van der Waals surface area contributed by atoms with Crippen molar-refractivity contribution in [2.45, 2.75) is 30.2 Å². The molecular weight excluding hydrogens is 454 g/mol. The molecule has 0 radical (unpaired) electrons. The van der Waals surface area contributed by atoms with Crippen LogP contribution in [0.15, 0.2) is 60.1 Å². The van der Waals surface area contributed by atoms with E-state index in [2.05, 4.69) is 26.1 Å². The molecule has 1 unspecified atom stereocenters. The minimum absolute atomic E-state index is 0.0735. The van der Waals surface area contributed by atoms with Crippen molar-refractivity contribution in [2.24, 2.45) is 0 Å². The summed E-state index contributed by atoms with van der Waals surface area (Å²) >= 11 is 0. The van der Waals surface area contributed by atoms with E-state index in [1.165, 1.54) is 16.7 Å². The molecule has 11 heteroatoms. The van der Waals surface area contributed by atoms with E-state index in [9.17, 15) is 18.5 Å². The van der Waals surface area contributed by atoms with Crippen LogP contribution >= 0.6 is 0 Å². The second-order valence-corrected chi connectivity index (χ2v) is 10.0. The second kappa shape index (κ2) is 8.81. The smallest absolute Gasteiger partial charge is 0.243 e. The third-order valence-corrected chi connectivity index (χ3v) is 7.89. The third-order valence-electron chi connectivity index (χ3n) is 5.99. The summed E-state index contributed by atoms with van der Waals surface area (Å²) in [6.45, 7) is 0.365. The van der Waals surface area contributed by atoms with Gasteiger partial charge in [0.15, 0.2) is 0 Å². The Morgan fingerprint density at radius 3 is 2.79 bits per heavy atom. The molecule has 1 aliphatic heterocycles. The highest BCUT2D eigenvalue weighted by atomic mass is 32.2. The van der Waals surface area contributed by atoms with Crippen LogP contribution in [0.25, 0.3) is 22.3 Å². The van der Waals surface area contributed by atoms with Crippen LogP contribution in [0.5, 0.6) is 0 Å². The average Bonchev–Trinajstić information content (AvgIpc) is 3.53. The molecule has 1 fully saturated rings. The summed E-state index contributed by atoms with van der Waals surface area (Å²) in [6, 6.07) is 10.2. The highest BCUT2D eigenvalue weighted by Crippen LogP contribution is 2.29. The summed E-state index contributed by atoms with van der Waals surface area (Å²) in [7, 11) is -3.75. The lowest BCUT2D eigenvalue weighted by atomic mass is 10.0. The van der Waals surface area contributed by atoms with Crippen molar-refractivity contribution in [2.75, 3.05) is 13.1 Å². The average molecular weight is 476 g/mol. The zero-order chi connectivity index (χ0) is 23.7. The molecule has 4 heterocycles. The lowest BCUT2D eigenvalue weighted by Gasteiger charge is -2.25. The van der Waals surface area contributed by atoms with Gasteiger partial charge in [-0.25, -0.2) is 18.4 Å². The third kappa shape index (κ3) is 3.98. The van der Waals surface area contributed by atoms with E-state index in [0.717, 1.165) is 10.9 Å². The number of carbonyl (C=O) groups is 1. The van der Waals surface area contributed by atoms with Gasteiger partial charge in [0, 0.05) is 49.3 Å². The van der Waals surface area contributed by atoms with Crippen LogP contribution < -0.4 is 0 Å². The number of nitrogens with one attached hydrogen (secondary N) is 1. The molecule has 1 saturated heterocycles. The van der Waals surface area contributed by atoms with Crippen LogP contribution in [0.2, 0.25) is 0 Å². The van der Waals surface area contributed by atoms with Gasteiger partial charge in [0.25, 0.3) is 0 Å². The Bertz CT molecular complexity index is 1510. The Kier molecular flexibility index (Phi) is 5.69. The number of nitrogens with zero attached hydrogens (tertiary/aromatic N) is 6. The number of aromatic amines is 1. The number of aromatic nitrogens is 5. The maximum atomic E-state index is 13.2. The molecule has 1 atom stereocenters. The van der Waals surface area contributed by atoms with Gasteiger partial charge in [-0.05, 0) is 23.8 Å². The Balaban J connectivity index is 1.48. The predicted molar refractivity (Wildman–Crippen MR) is 123 cm³/mol. The highest BCUT2D eigenvalue weighted by molar-refractivity contribution is 7.89. The van der Waals surface area contributed by atoms with Gasteiger partial charge in [-0.2, -0.15) is 14.7 Å². The first-order valence-electron chi connectivity index (χ1n) is 10.8. The number of hydrogen-bond acceptors (Lipinski definition) is 7. The van der Waals surface area contributed by atoms with Gasteiger partial charge in [0.1, 0.15) is 17.8 Å². The van der Waals surface area contributed by atoms with Gasteiger partial charge in [0.05, 0.1) is 35.3 Å². The molecule has 10 nitrogen and oxygen atoms in total. The minimum Gasteiger partial charge on any atom is -0.346 e. The molecule has 4 aromatic rings. The summed E-state index contributed by atoms with van der Waals surface area (Å²) in [6.07, 6.45) is 7.29. The predicted octanol–water partition coefficient (Wildman–Crippen LogP) is 2.68. The number of carbonyl (C=O) groups excluding carboxylic acids is 1. The molecule has 172 valence electrons. The molecule has 34 heavy (non-hydrogen) atoms. The molecule has 0 amide bonds. The fourth-order valence-electron chi connectivity index (χ4n) is 4.19. The van der Waals surface area contributed by atoms with E-state index in [-0.39, 0.29) is 43.0 Å². The molecule has 0 saturated carbocycles. The van der Waals surface area contributed by atoms with Gasteiger partial charge in [-0.15, -0.1) is 0 Å². The molecule has 1 aliphatic rings. The number of rotatable bonds is 6. The van der Waals surface area contributed by atoms with Crippen LogP contribution in [0, 0.1) is 11.3 Å². The summed E-state index contributed by atoms with van der Waals surface area (Å²) in [5, 5.41) is 14.8. The van der Waals surface area contributed by atoms with Gasteiger partial charge in [-0.3, -0.25) is 9.48 Å². The molecule has 0 aliphatic carbocycles. The zero-order valence-corrected chi connectivity index (χ0v) is 18.9. The van der Waals surface area contributed by atoms with Crippen molar-refractivity contribution in [3.05, 3.63) is 60.8 Å². The molecule has 3 aromatic heterocycles. The van der Waals surface area contributed by atoms with Gasteiger partial charge in [-0.1, -0.05) is 12.1 Å². The molecule has 0 spiro atoms. The number of ketones is 1. The quantitative estimate of drug-likeness (QED) is 0.452. The summed E-state index contributed by atoms with van der Waals surface area (Å²) in [5.74, 6) is 0.0735. The molecule has 0 bridgehead atoms. The summed E-state index contributed by atoms with van der Waals surface area (Å²) in [5.41, 5.74) is 2.84. The normalized spacial score (nSPS) is 15.9. The van der Waals surface area contributed by atoms with E-state index >= 15 is 0 Å². The monoisotopic (exact) mass is 475 g/mol.